The molecule has 0 aliphatic rings. The van der Waals surface area contributed by atoms with Gasteiger partial charge in [0.05, 0.1) is 5.75 Å². The van der Waals surface area contributed by atoms with E-state index in [1.54, 1.807) is 4.31 Å². The minimum Gasteiger partial charge on any atom is -0.212 e. The summed E-state index contributed by atoms with van der Waals surface area (Å²) in [5, 5.41) is 0. The molecule has 0 unspecified atom stereocenters. The number of benzene rings is 1. The van der Waals surface area contributed by atoms with E-state index in [1.165, 1.54) is 0 Å². The van der Waals surface area contributed by atoms with Gasteiger partial charge in [0, 0.05) is 13.1 Å². The molecule has 0 bridgehead atoms. The lowest BCUT2D eigenvalue weighted by Crippen LogP contribution is -2.35. The van der Waals surface area contributed by atoms with E-state index < -0.39 is 10.0 Å². The van der Waals surface area contributed by atoms with Gasteiger partial charge in [-0.2, -0.15) is 0 Å². The van der Waals surface area contributed by atoms with Gasteiger partial charge in [-0.05, 0) is 24.8 Å². The van der Waals surface area contributed by atoms with Gasteiger partial charge in [-0.1, -0.05) is 57.0 Å². The topological polar surface area (TPSA) is 37.4 Å². The molecular formula is C16H27NO2S. The van der Waals surface area contributed by atoms with Gasteiger partial charge in [0.1, 0.15) is 0 Å². The zero-order valence-electron chi connectivity index (χ0n) is 12.7. The van der Waals surface area contributed by atoms with Crippen molar-refractivity contribution in [2.45, 2.75) is 46.0 Å². The van der Waals surface area contributed by atoms with Crippen LogP contribution in [0.4, 0.5) is 0 Å². The summed E-state index contributed by atoms with van der Waals surface area (Å²) in [5.41, 5.74) is 1.09. The molecule has 4 heteroatoms. The Labute approximate surface area is 124 Å². The van der Waals surface area contributed by atoms with Gasteiger partial charge in [-0.3, -0.25) is 0 Å². The first-order chi connectivity index (χ1) is 9.60. The van der Waals surface area contributed by atoms with Gasteiger partial charge in [-0.15, -0.1) is 0 Å². The number of unbranched alkanes of at least 4 members (excludes halogenated alkanes) is 2. The Morgan fingerprint density at radius 2 is 1.50 bits per heavy atom. The lowest BCUT2D eigenvalue weighted by Gasteiger charge is -2.21. The van der Waals surface area contributed by atoms with Crippen molar-refractivity contribution in [2.24, 2.45) is 0 Å². The van der Waals surface area contributed by atoms with Crippen molar-refractivity contribution in [1.82, 2.24) is 4.31 Å². The number of hydrogen-bond donors (Lipinski definition) is 0. The summed E-state index contributed by atoms with van der Waals surface area (Å²) < 4.78 is 26.6. The van der Waals surface area contributed by atoms with Crippen molar-refractivity contribution < 1.29 is 8.42 Å². The Morgan fingerprint density at radius 1 is 0.950 bits per heavy atom. The Kier molecular flexibility index (Phi) is 7.85. The molecule has 0 aliphatic heterocycles. The minimum atomic E-state index is -3.13. The molecule has 1 rings (SSSR count). The van der Waals surface area contributed by atoms with E-state index >= 15 is 0 Å². The number of aryl methyl sites for hydroxylation is 1. The third-order valence-corrected chi connectivity index (χ3v) is 5.28. The van der Waals surface area contributed by atoms with E-state index in [2.05, 4.69) is 13.8 Å². The second kappa shape index (κ2) is 9.14. The number of hydrogen-bond acceptors (Lipinski definition) is 2. The normalized spacial score (nSPS) is 11.9. The molecule has 0 fully saturated rings. The Morgan fingerprint density at radius 3 is 2.00 bits per heavy atom. The predicted octanol–water partition coefficient (Wildman–Crippen LogP) is 3.46. The average Bonchev–Trinajstić information content (AvgIpc) is 2.46. The third-order valence-electron chi connectivity index (χ3n) is 3.41. The summed E-state index contributed by atoms with van der Waals surface area (Å²) in [6, 6.07) is 9.82. The van der Waals surface area contributed by atoms with Crippen LogP contribution in [0.15, 0.2) is 30.3 Å². The number of sulfonamides is 1. The summed E-state index contributed by atoms with van der Waals surface area (Å²) in [6.07, 6.45) is 4.52. The van der Waals surface area contributed by atoms with Crippen LogP contribution in [0.5, 0.6) is 0 Å². The summed E-state index contributed by atoms with van der Waals surface area (Å²) in [5.74, 6) is 0.213. The van der Waals surface area contributed by atoms with E-state index in [4.69, 9.17) is 0 Å². The smallest absolute Gasteiger partial charge is 0.212 e. The van der Waals surface area contributed by atoms with Gasteiger partial charge >= 0.3 is 0 Å². The molecule has 0 spiro atoms. The molecule has 0 amide bonds. The molecule has 0 aliphatic carbocycles. The molecule has 0 atom stereocenters. The molecule has 0 heterocycles. The highest BCUT2D eigenvalue weighted by atomic mass is 32.2. The van der Waals surface area contributed by atoms with Crippen molar-refractivity contribution in [2.75, 3.05) is 18.8 Å². The quantitative estimate of drug-likeness (QED) is 0.663. The van der Waals surface area contributed by atoms with Crippen LogP contribution in [0.2, 0.25) is 0 Å². The van der Waals surface area contributed by atoms with Crippen LogP contribution in [0.3, 0.4) is 0 Å². The highest BCUT2D eigenvalue weighted by molar-refractivity contribution is 7.89. The van der Waals surface area contributed by atoms with Crippen LogP contribution in [-0.2, 0) is 16.4 Å². The van der Waals surface area contributed by atoms with E-state index in [0.717, 1.165) is 31.2 Å². The Hall–Kier alpha value is -0.870. The lowest BCUT2D eigenvalue weighted by atomic mass is 10.2. The maximum absolute atomic E-state index is 12.4. The van der Waals surface area contributed by atoms with Crippen LogP contribution < -0.4 is 0 Å². The molecule has 20 heavy (non-hydrogen) atoms. The third kappa shape index (κ3) is 6.06. The van der Waals surface area contributed by atoms with Crippen molar-refractivity contribution >= 4 is 10.0 Å². The van der Waals surface area contributed by atoms with Crippen molar-refractivity contribution in [1.29, 1.82) is 0 Å². The number of nitrogens with zero attached hydrogens (tertiary/aromatic N) is 1. The molecule has 114 valence electrons. The summed E-state index contributed by atoms with van der Waals surface area (Å²) in [4.78, 5) is 0. The lowest BCUT2D eigenvalue weighted by molar-refractivity contribution is 0.395. The summed E-state index contributed by atoms with van der Waals surface area (Å²) >= 11 is 0. The molecule has 1 aromatic rings. The molecule has 3 nitrogen and oxygen atoms in total. The fourth-order valence-electron chi connectivity index (χ4n) is 2.08. The summed E-state index contributed by atoms with van der Waals surface area (Å²) in [7, 11) is -3.13. The van der Waals surface area contributed by atoms with Crippen LogP contribution in [0, 0.1) is 0 Å². The largest absolute Gasteiger partial charge is 0.214 e. The Balaban J connectivity index is 2.61. The zero-order valence-corrected chi connectivity index (χ0v) is 13.5. The SMILES string of the molecule is CCCCN(CCCC)S(=O)(=O)CCc1ccccc1. The van der Waals surface area contributed by atoms with E-state index in [0.29, 0.717) is 19.5 Å². The molecule has 0 aromatic heterocycles. The Bertz CT molecular complexity index is 449. The first-order valence-electron chi connectivity index (χ1n) is 7.62. The highest BCUT2D eigenvalue weighted by Crippen LogP contribution is 2.10. The fraction of sp³-hybridized carbons (Fsp3) is 0.625. The molecule has 0 radical (unpaired) electrons. The maximum atomic E-state index is 12.4. The van der Waals surface area contributed by atoms with Gasteiger partial charge in [0.15, 0.2) is 0 Å². The molecule has 0 N–H and O–H groups in total. The summed E-state index contributed by atoms with van der Waals surface area (Å²) in [6.45, 7) is 5.50. The monoisotopic (exact) mass is 297 g/mol. The number of rotatable bonds is 10. The molecule has 0 saturated carbocycles. The average molecular weight is 297 g/mol. The van der Waals surface area contributed by atoms with Gasteiger partial charge in [0.2, 0.25) is 10.0 Å². The van der Waals surface area contributed by atoms with E-state index in [-0.39, 0.29) is 5.75 Å². The van der Waals surface area contributed by atoms with Gasteiger partial charge < -0.3 is 0 Å². The first-order valence-corrected chi connectivity index (χ1v) is 9.22. The van der Waals surface area contributed by atoms with Crippen molar-refractivity contribution in [3.8, 4) is 0 Å². The highest BCUT2D eigenvalue weighted by Gasteiger charge is 2.20. The van der Waals surface area contributed by atoms with E-state index in [1.807, 2.05) is 30.3 Å². The van der Waals surface area contributed by atoms with Crippen LogP contribution in [0.25, 0.3) is 0 Å². The fourth-order valence-corrected chi connectivity index (χ4v) is 3.65. The predicted molar refractivity (Wildman–Crippen MR) is 85.3 cm³/mol. The molecule has 0 saturated heterocycles. The molecular weight excluding hydrogens is 270 g/mol. The second-order valence-corrected chi connectivity index (χ2v) is 7.25. The van der Waals surface area contributed by atoms with Crippen LogP contribution >= 0.6 is 0 Å². The van der Waals surface area contributed by atoms with E-state index in [9.17, 15) is 8.42 Å². The van der Waals surface area contributed by atoms with Crippen LogP contribution in [0.1, 0.15) is 45.1 Å². The van der Waals surface area contributed by atoms with Crippen molar-refractivity contribution in [3.05, 3.63) is 35.9 Å². The van der Waals surface area contributed by atoms with Gasteiger partial charge in [-0.25, -0.2) is 12.7 Å². The van der Waals surface area contributed by atoms with Crippen molar-refractivity contribution in [3.63, 3.8) is 0 Å². The first kappa shape index (κ1) is 17.2. The molecule has 1 aromatic carbocycles. The van der Waals surface area contributed by atoms with Crippen LogP contribution in [-0.4, -0.2) is 31.6 Å². The minimum absolute atomic E-state index is 0.213. The maximum Gasteiger partial charge on any atom is 0.214 e. The zero-order chi connectivity index (χ0) is 14.8. The second-order valence-electron chi connectivity index (χ2n) is 5.16. The van der Waals surface area contributed by atoms with Gasteiger partial charge in [0.25, 0.3) is 0 Å². The standard InChI is InChI=1S/C16H27NO2S/c1-3-5-13-17(14-6-4-2)20(18,19)15-12-16-10-8-7-9-11-16/h7-11H,3-6,12-15H2,1-2H3.